The minimum absolute atomic E-state index is 0.248. The molecule has 0 spiro atoms. The molecule has 7 heteroatoms. The Kier molecular flexibility index (Phi) is 5.38. The number of para-hydroxylation sites is 2. The Balaban J connectivity index is 1.74. The molecule has 0 saturated carbocycles. The molecule has 7 nitrogen and oxygen atoms in total. The van der Waals surface area contributed by atoms with Crippen molar-refractivity contribution >= 4 is 11.9 Å². The van der Waals surface area contributed by atoms with Gasteiger partial charge in [-0.05, 0) is 24.7 Å². The average molecular weight is 355 g/mol. The summed E-state index contributed by atoms with van der Waals surface area (Å²) < 4.78 is 11.7. The first-order chi connectivity index (χ1) is 12.5. The molecule has 0 bridgehead atoms. The lowest BCUT2D eigenvalue weighted by molar-refractivity contribution is -0.125. The van der Waals surface area contributed by atoms with Crippen LogP contribution in [0.15, 0.2) is 54.6 Å². The Labute approximate surface area is 151 Å². The average Bonchev–Trinajstić information content (AvgIpc) is 2.62. The molecule has 0 aromatic heterocycles. The summed E-state index contributed by atoms with van der Waals surface area (Å²) in [6.45, 7) is 0.806. The Bertz CT molecular complexity index is 781. The summed E-state index contributed by atoms with van der Waals surface area (Å²) in [6, 6.07) is 15.1. The van der Waals surface area contributed by atoms with Gasteiger partial charge in [0.15, 0.2) is 11.5 Å². The zero-order valence-electron chi connectivity index (χ0n) is 14.4. The predicted molar refractivity (Wildman–Crippen MR) is 95.9 cm³/mol. The number of nitrogens with zero attached hydrogens (tertiary/aromatic N) is 1. The predicted octanol–water partition coefficient (Wildman–Crippen LogP) is 1.69. The standard InChI is InChI=1S/C19H21N3O4/c1-22(11-14-12-25-15-9-5-6-10-16(15)26-14)17(18(23)21-19(20)24)13-7-3-2-4-8-13/h2-10,14,17H,11-12H2,1H3,(H3,20,21,23,24)/t14-,17+/m1/s1. The van der Waals surface area contributed by atoms with Gasteiger partial charge in [0.25, 0.3) is 0 Å². The van der Waals surface area contributed by atoms with Crippen LogP contribution >= 0.6 is 0 Å². The van der Waals surface area contributed by atoms with Crippen molar-refractivity contribution in [3.8, 4) is 11.5 Å². The number of nitrogens with one attached hydrogen (secondary N) is 1. The molecule has 1 aliphatic heterocycles. The van der Waals surface area contributed by atoms with Crippen molar-refractivity contribution in [3.05, 3.63) is 60.2 Å². The molecule has 0 aliphatic carbocycles. The van der Waals surface area contributed by atoms with E-state index in [1.807, 2.05) is 59.5 Å². The molecule has 0 unspecified atom stereocenters. The van der Waals surface area contributed by atoms with Crippen molar-refractivity contribution < 1.29 is 19.1 Å². The normalized spacial score (nSPS) is 16.8. The number of likely N-dealkylation sites (N-methyl/N-ethyl adjacent to an activating group) is 1. The maximum atomic E-state index is 12.5. The second-order valence-electron chi connectivity index (χ2n) is 6.10. The second-order valence-corrected chi connectivity index (χ2v) is 6.10. The zero-order chi connectivity index (χ0) is 18.5. The lowest BCUT2D eigenvalue weighted by Crippen LogP contribution is -2.47. The number of rotatable bonds is 5. The number of benzene rings is 2. The van der Waals surface area contributed by atoms with Crippen LogP contribution in [-0.4, -0.2) is 43.1 Å². The number of urea groups is 1. The van der Waals surface area contributed by atoms with Gasteiger partial charge in [-0.3, -0.25) is 15.0 Å². The number of fused-ring (bicyclic) bond motifs is 1. The van der Waals surface area contributed by atoms with Gasteiger partial charge in [-0.2, -0.15) is 0 Å². The van der Waals surface area contributed by atoms with E-state index in [2.05, 4.69) is 5.32 Å². The van der Waals surface area contributed by atoms with Crippen LogP contribution in [0, 0.1) is 0 Å². The van der Waals surface area contributed by atoms with E-state index in [1.54, 1.807) is 7.05 Å². The highest BCUT2D eigenvalue weighted by molar-refractivity contribution is 5.96. The van der Waals surface area contributed by atoms with Gasteiger partial charge in [-0.1, -0.05) is 42.5 Å². The van der Waals surface area contributed by atoms with Crippen LogP contribution in [0.25, 0.3) is 0 Å². The molecular weight excluding hydrogens is 334 g/mol. The SMILES string of the molecule is CN(C[C@@H]1COc2ccccc2O1)[C@H](C(=O)NC(N)=O)c1ccccc1. The van der Waals surface area contributed by atoms with E-state index in [0.717, 1.165) is 5.56 Å². The molecule has 26 heavy (non-hydrogen) atoms. The molecule has 1 heterocycles. The summed E-state index contributed by atoms with van der Waals surface area (Å²) in [7, 11) is 1.79. The highest BCUT2D eigenvalue weighted by Crippen LogP contribution is 2.31. The fraction of sp³-hybridized carbons (Fsp3) is 0.263. The quantitative estimate of drug-likeness (QED) is 0.851. The first-order valence-corrected chi connectivity index (χ1v) is 8.28. The van der Waals surface area contributed by atoms with Crippen LogP contribution in [0.4, 0.5) is 4.79 Å². The smallest absolute Gasteiger partial charge is 0.318 e. The van der Waals surface area contributed by atoms with Crippen molar-refractivity contribution in [2.24, 2.45) is 5.73 Å². The molecular formula is C19H21N3O4. The van der Waals surface area contributed by atoms with Crippen LogP contribution in [0.5, 0.6) is 11.5 Å². The molecule has 0 saturated heterocycles. The van der Waals surface area contributed by atoms with Crippen molar-refractivity contribution in [2.45, 2.75) is 12.1 Å². The number of hydrogen-bond donors (Lipinski definition) is 2. The third-order valence-corrected chi connectivity index (χ3v) is 4.11. The van der Waals surface area contributed by atoms with Crippen molar-refractivity contribution in [1.29, 1.82) is 0 Å². The van der Waals surface area contributed by atoms with Gasteiger partial charge in [0.1, 0.15) is 18.8 Å². The molecule has 2 aromatic carbocycles. The Hall–Kier alpha value is -3.06. The van der Waals surface area contributed by atoms with Gasteiger partial charge in [-0.15, -0.1) is 0 Å². The van der Waals surface area contributed by atoms with E-state index in [-0.39, 0.29) is 6.10 Å². The van der Waals surface area contributed by atoms with E-state index in [1.165, 1.54) is 0 Å². The summed E-state index contributed by atoms with van der Waals surface area (Å²) in [4.78, 5) is 25.4. The topological polar surface area (TPSA) is 93.9 Å². The molecule has 0 radical (unpaired) electrons. The van der Waals surface area contributed by atoms with Gasteiger partial charge >= 0.3 is 6.03 Å². The zero-order valence-corrected chi connectivity index (χ0v) is 14.4. The summed E-state index contributed by atoms with van der Waals surface area (Å²) >= 11 is 0. The van der Waals surface area contributed by atoms with Crippen LogP contribution in [0.1, 0.15) is 11.6 Å². The van der Waals surface area contributed by atoms with Crippen LogP contribution in [-0.2, 0) is 4.79 Å². The summed E-state index contributed by atoms with van der Waals surface area (Å²) in [5.41, 5.74) is 5.87. The number of ether oxygens (including phenoxy) is 2. The van der Waals surface area contributed by atoms with E-state index < -0.39 is 18.0 Å². The van der Waals surface area contributed by atoms with Gasteiger partial charge in [0, 0.05) is 6.54 Å². The molecule has 3 N–H and O–H groups in total. The van der Waals surface area contributed by atoms with Crippen molar-refractivity contribution in [1.82, 2.24) is 10.2 Å². The number of imide groups is 1. The van der Waals surface area contributed by atoms with Crippen molar-refractivity contribution in [3.63, 3.8) is 0 Å². The molecule has 2 atom stereocenters. The monoisotopic (exact) mass is 355 g/mol. The first kappa shape index (κ1) is 17.8. The third kappa shape index (κ3) is 4.12. The number of amides is 3. The van der Waals surface area contributed by atoms with Gasteiger partial charge in [0.05, 0.1) is 0 Å². The maximum Gasteiger partial charge on any atom is 0.318 e. The highest BCUT2D eigenvalue weighted by Gasteiger charge is 2.30. The van der Waals surface area contributed by atoms with E-state index in [9.17, 15) is 9.59 Å². The first-order valence-electron chi connectivity index (χ1n) is 8.28. The maximum absolute atomic E-state index is 12.5. The fourth-order valence-corrected chi connectivity index (χ4v) is 3.01. The molecule has 136 valence electrons. The van der Waals surface area contributed by atoms with Gasteiger partial charge in [-0.25, -0.2) is 4.79 Å². The minimum atomic E-state index is -0.879. The molecule has 3 amide bonds. The fourth-order valence-electron chi connectivity index (χ4n) is 3.01. The number of hydrogen-bond acceptors (Lipinski definition) is 5. The number of carbonyl (C=O) groups is 2. The van der Waals surface area contributed by atoms with Gasteiger partial charge in [0.2, 0.25) is 5.91 Å². The van der Waals surface area contributed by atoms with Crippen LogP contribution in [0.2, 0.25) is 0 Å². The largest absolute Gasteiger partial charge is 0.486 e. The number of nitrogens with two attached hydrogens (primary N) is 1. The van der Waals surface area contributed by atoms with Gasteiger partial charge < -0.3 is 15.2 Å². The molecule has 3 rings (SSSR count). The Morgan fingerprint density at radius 3 is 2.50 bits per heavy atom. The molecule has 0 fully saturated rings. The highest BCUT2D eigenvalue weighted by atomic mass is 16.6. The third-order valence-electron chi connectivity index (χ3n) is 4.11. The van der Waals surface area contributed by atoms with E-state index >= 15 is 0 Å². The summed E-state index contributed by atoms with van der Waals surface area (Å²) in [5, 5.41) is 2.16. The second kappa shape index (κ2) is 7.88. The minimum Gasteiger partial charge on any atom is -0.486 e. The van der Waals surface area contributed by atoms with Crippen LogP contribution < -0.4 is 20.5 Å². The lowest BCUT2D eigenvalue weighted by atomic mass is 10.0. The van der Waals surface area contributed by atoms with E-state index in [0.29, 0.717) is 24.7 Å². The van der Waals surface area contributed by atoms with Crippen LogP contribution in [0.3, 0.4) is 0 Å². The molecule has 1 aliphatic rings. The number of primary amides is 1. The van der Waals surface area contributed by atoms with E-state index in [4.69, 9.17) is 15.2 Å². The number of carbonyl (C=O) groups excluding carboxylic acids is 2. The lowest BCUT2D eigenvalue weighted by Gasteiger charge is -2.33. The molecule has 2 aromatic rings. The Morgan fingerprint density at radius 2 is 1.81 bits per heavy atom. The summed E-state index contributed by atoms with van der Waals surface area (Å²) in [5.74, 6) is 0.899. The summed E-state index contributed by atoms with van der Waals surface area (Å²) in [6.07, 6.45) is -0.248. The Morgan fingerprint density at radius 1 is 1.15 bits per heavy atom. The van der Waals surface area contributed by atoms with Crippen molar-refractivity contribution in [2.75, 3.05) is 20.2 Å².